The molecule has 9 heteroatoms. The van der Waals surface area contributed by atoms with Gasteiger partial charge in [0.2, 0.25) is 6.79 Å². The van der Waals surface area contributed by atoms with Gasteiger partial charge in [0, 0.05) is 62.3 Å². The first-order valence-corrected chi connectivity index (χ1v) is 11.1. The van der Waals surface area contributed by atoms with Crippen LogP contribution in [0.5, 0.6) is 17.2 Å². The molecule has 0 saturated carbocycles. The lowest BCUT2D eigenvalue weighted by Crippen LogP contribution is -2.29. The highest BCUT2D eigenvalue weighted by Crippen LogP contribution is 2.33. The Balaban J connectivity index is 1.39. The van der Waals surface area contributed by atoms with Gasteiger partial charge in [0.1, 0.15) is 17.9 Å². The first kappa shape index (κ1) is 22.0. The van der Waals surface area contributed by atoms with Gasteiger partial charge in [0.25, 0.3) is 5.56 Å². The maximum absolute atomic E-state index is 13.0. The van der Waals surface area contributed by atoms with E-state index < -0.39 is 5.97 Å². The Kier molecular flexibility index (Phi) is 6.18. The number of esters is 1. The highest BCUT2D eigenvalue weighted by molar-refractivity contribution is 5.93. The summed E-state index contributed by atoms with van der Waals surface area (Å²) in [5.74, 6) is 1.21. The van der Waals surface area contributed by atoms with Crippen molar-refractivity contribution >= 4 is 5.97 Å². The molecule has 0 atom stereocenters. The van der Waals surface area contributed by atoms with Crippen molar-refractivity contribution in [2.75, 3.05) is 27.0 Å². The van der Waals surface area contributed by atoms with E-state index in [9.17, 15) is 9.59 Å². The van der Waals surface area contributed by atoms with Crippen LogP contribution in [-0.4, -0.2) is 47.4 Å². The zero-order chi connectivity index (χ0) is 23.5. The molecule has 9 nitrogen and oxygen atoms in total. The van der Waals surface area contributed by atoms with Crippen LogP contribution in [0.2, 0.25) is 0 Å². The number of aromatic nitrogens is 2. The number of nitrogens with zero attached hydrogens (tertiary/aromatic N) is 3. The first-order chi connectivity index (χ1) is 16.6. The van der Waals surface area contributed by atoms with E-state index in [1.807, 2.05) is 24.3 Å². The summed E-state index contributed by atoms with van der Waals surface area (Å²) in [7, 11) is 1.33. The van der Waals surface area contributed by atoms with Crippen LogP contribution in [0.25, 0.3) is 0 Å². The average molecular weight is 463 g/mol. The van der Waals surface area contributed by atoms with Gasteiger partial charge < -0.3 is 23.5 Å². The summed E-state index contributed by atoms with van der Waals surface area (Å²) < 4.78 is 23.5. The number of hydrogen-bond acceptors (Lipinski definition) is 8. The van der Waals surface area contributed by atoms with Crippen LogP contribution in [-0.2, 0) is 30.9 Å². The number of rotatable bonds is 6. The topological polar surface area (TPSA) is 92.1 Å². The zero-order valence-corrected chi connectivity index (χ0v) is 18.9. The molecule has 0 aliphatic carbocycles. The quantitative estimate of drug-likeness (QED) is 0.515. The number of carbonyl (C=O) groups excluding carboxylic acids is 1. The molecule has 176 valence electrons. The molecule has 5 rings (SSSR count). The number of ether oxygens (including phenoxy) is 4. The van der Waals surface area contributed by atoms with Crippen LogP contribution in [0.4, 0.5) is 0 Å². The minimum atomic E-state index is -0.519. The number of carbonyl (C=O) groups is 1. The van der Waals surface area contributed by atoms with Gasteiger partial charge in [0.05, 0.1) is 7.11 Å². The van der Waals surface area contributed by atoms with Crippen LogP contribution in [0, 0.1) is 0 Å². The number of benzene rings is 1. The van der Waals surface area contributed by atoms with E-state index in [4.69, 9.17) is 18.9 Å². The lowest BCUT2D eigenvalue weighted by Gasteiger charge is -2.19. The molecule has 0 radical (unpaired) electrons. The minimum Gasteiger partial charge on any atom is -0.488 e. The molecule has 0 amide bonds. The van der Waals surface area contributed by atoms with E-state index in [0.717, 1.165) is 22.6 Å². The van der Waals surface area contributed by atoms with Gasteiger partial charge >= 0.3 is 5.97 Å². The monoisotopic (exact) mass is 463 g/mol. The van der Waals surface area contributed by atoms with Gasteiger partial charge in [-0.1, -0.05) is 12.1 Å². The van der Waals surface area contributed by atoms with Crippen LogP contribution in [0.1, 0.15) is 27.2 Å². The van der Waals surface area contributed by atoms with Crippen molar-refractivity contribution in [1.29, 1.82) is 0 Å². The second-order valence-corrected chi connectivity index (χ2v) is 8.18. The normalized spacial score (nSPS) is 14.9. The zero-order valence-electron chi connectivity index (χ0n) is 18.9. The van der Waals surface area contributed by atoms with Gasteiger partial charge in [-0.2, -0.15) is 0 Å². The predicted octanol–water partition coefficient (Wildman–Crippen LogP) is 2.40. The summed E-state index contributed by atoms with van der Waals surface area (Å²) in [6, 6.07) is 11.0. The molecule has 2 aliphatic rings. The fourth-order valence-electron chi connectivity index (χ4n) is 4.33. The van der Waals surface area contributed by atoms with Crippen LogP contribution < -0.4 is 19.8 Å². The number of fused-ring (bicyclic) bond motifs is 2. The van der Waals surface area contributed by atoms with E-state index in [-0.39, 0.29) is 24.7 Å². The van der Waals surface area contributed by atoms with Crippen LogP contribution in [0.15, 0.2) is 53.6 Å². The van der Waals surface area contributed by atoms with Gasteiger partial charge in [-0.25, -0.2) is 4.79 Å². The van der Waals surface area contributed by atoms with E-state index in [2.05, 4.69) is 9.88 Å². The van der Waals surface area contributed by atoms with Gasteiger partial charge in [-0.15, -0.1) is 0 Å². The van der Waals surface area contributed by atoms with Crippen molar-refractivity contribution in [2.45, 2.75) is 26.1 Å². The van der Waals surface area contributed by atoms with Gasteiger partial charge in [-0.3, -0.25) is 14.7 Å². The van der Waals surface area contributed by atoms with E-state index in [1.165, 1.54) is 13.2 Å². The molecule has 1 aromatic carbocycles. The SMILES string of the molecule is COC(=O)c1c(OCc2cccnc2)cc(=O)n2c1CCN(Cc1ccc3c(c1)OCO3)CC2. The fourth-order valence-corrected chi connectivity index (χ4v) is 4.33. The Labute approximate surface area is 196 Å². The smallest absolute Gasteiger partial charge is 0.343 e. The molecule has 34 heavy (non-hydrogen) atoms. The number of pyridine rings is 2. The van der Waals surface area contributed by atoms with Crippen LogP contribution >= 0.6 is 0 Å². The summed E-state index contributed by atoms with van der Waals surface area (Å²) in [5.41, 5.74) is 2.66. The molecule has 0 saturated heterocycles. The van der Waals surface area contributed by atoms with Crippen molar-refractivity contribution in [3.05, 3.63) is 81.5 Å². The highest BCUT2D eigenvalue weighted by Gasteiger charge is 2.26. The Bertz CT molecular complexity index is 1260. The lowest BCUT2D eigenvalue weighted by molar-refractivity contribution is 0.0592. The third-order valence-corrected chi connectivity index (χ3v) is 6.04. The summed E-state index contributed by atoms with van der Waals surface area (Å²) in [6.45, 7) is 2.92. The van der Waals surface area contributed by atoms with Gasteiger partial charge in [0.15, 0.2) is 11.5 Å². The van der Waals surface area contributed by atoms with Crippen molar-refractivity contribution in [3.63, 3.8) is 0 Å². The number of hydrogen-bond donors (Lipinski definition) is 0. The molecule has 0 fully saturated rings. The highest BCUT2D eigenvalue weighted by atomic mass is 16.7. The predicted molar refractivity (Wildman–Crippen MR) is 122 cm³/mol. The molecule has 4 heterocycles. The number of methoxy groups -OCH3 is 1. The van der Waals surface area contributed by atoms with E-state index in [1.54, 1.807) is 23.0 Å². The Morgan fingerprint density at radius 1 is 1.09 bits per heavy atom. The molecule has 2 aromatic heterocycles. The van der Waals surface area contributed by atoms with E-state index >= 15 is 0 Å². The van der Waals surface area contributed by atoms with Crippen molar-refractivity contribution in [2.24, 2.45) is 0 Å². The van der Waals surface area contributed by atoms with Crippen LogP contribution in [0.3, 0.4) is 0 Å². The second-order valence-electron chi connectivity index (χ2n) is 8.18. The Morgan fingerprint density at radius 2 is 1.97 bits per heavy atom. The Hall–Kier alpha value is -3.85. The summed E-state index contributed by atoms with van der Waals surface area (Å²) in [5, 5.41) is 0. The Morgan fingerprint density at radius 3 is 2.79 bits per heavy atom. The minimum absolute atomic E-state index is 0.191. The van der Waals surface area contributed by atoms with Crippen molar-refractivity contribution in [3.8, 4) is 17.2 Å². The maximum atomic E-state index is 13.0. The summed E-state index contributed by atoms with van der Waals surface area (Å²) in [4.78, 5) is 32.1. The largest absolute Gasteiger partial charge is 0.488 e. The molecule has 0 N–H and O–H groups in total. The summed E-state index contributed by atoms with van der Waals surface area (Å²) in [6.07, 6.45) is 3.87. The molecule has 3 aromatic rings. The molecule has 0 spiro atoms. The van der Waals surface area contributed by atoms with Crippen molar-refractivity contribution < 1.29 is 23.7 Å². The maximum Gasteiger partial charge on any atom is 0.343 e. The average Bonchev–Trinajstić information content (AvgIpc) is 3.23. The van der Waals surface area contributed by atoms with Crippen molar-refractivity contribution in [1.82, 2.24) is 14.5 Å². The molecular formula is C25H25N3O6. The summed E-state index contributed by atoms with van der Waals surface area (Å²) >= 11 is 0. The fraction of sp³-hybridized carbons (Fsp3) is 0.320. The van der Waals surface area contributed by atoms with Gasteiger partial charge in [-0.05, 0) is 23.8 Å². The third-order valence-electron chi connectivity index (χ3n) is 6.04. The first-order valence-electron chi connectivity index (χ1n) is 11.1. The molecular weight excluding hydrogens is 438 g/mol. The molecule has 0 unspecified atom stereocenters. The molecule has 0 bridgehead atoms. The third kappa shape index (κ3) is 4.47. The lowest BCUT2D eigenvalue weighted by atomic mass is 10.1. The second kappa shape index (κ2) is 9.56. The van der Waals surface area contributed by atoms with E-state index in [0.29, 0.717) is 43.9 Å². The molecule has 2 aliphatic heterocycles. The standard InChI is InChI=1S/C25H25N3O6/c1-31-25(30)24-19-6-8-27(14-17-4-5-20-21(11-17)34-16-33-20)9-10-28(19)23(29)12-22(24)32-15-18-3-2-7-26-13-18/h2-5,7,11-13H,6,8-10,14-16H2,1H3.